The molecule has 4 aromatic rings. The fourth-order valence-corrected chi connectivity index (χ4v) is 4.44. The summed E-state index contributed by atoms with van der Waals surface area (Å²) < 4.78 is 23.5. The number of aromatic nitrogens is 2. The predicted molar refractivity (Wildman–Crippen MR) is 141 cm³/mol. The van der Waals surface area contributed by atoms with E-state index >= 15 is 0 Å². The SMILES string of the molecule is Cc1c(COc2cc(OCCC3(O)CCOCC3)ccn2)nc2ccccc2c1OCc1ccccc1. The molecule has 1 aliphatic heterocycles. The summed E-state index contributed by atoms with van der Waals surface area (Å²) in [5.41, 5.74) is 2.96. The molecule has 1 saturated heterocycles. The Morgan fingerprint density at radius 2 is 1.70 bits per heavy atom. The van der Waals surface area contributed by atoms with Crippen molar-refractivity contribution in [1.82, 2.24) is 9.97 Å². The molecule has 3 heterocycles. The Kier molecular flexibility index (Phi) is 7.82. The molecule has 2 aromatic heterocycles. The smallest absolute Gasteiger partial charge is 0.217 e. The number of aliphatic hydroxyl groups is 1. The van der Waals surface area contributed by atoms with Gasteiger partial charge in [0, 0.05) is 42.8 Å². The first-order valence-electron chi connectivity index (χ1n) is 12.7. The van der Waals surface area contributed by atoms with Gasteiger partial charge in [-0.05, 0) is 43.5 Å². The highest BCUT2D eigenvalue weighted by atomic mass is 16.5. The standard InChI is InChI=1S/C30H32N2O5/c1-22-27(32-26-10-6-5-9-25(26)29(22)37-20-23-7-3-2-4-8-23)21-36-28-19-24(11-15-31-28)35-18-14-30(33)12-16-34-17-13-30/h2-11,15,19,33H,12-14,16-18,20-21H2,1H3. The van der Waals surface area contributed by atoms with Gasteiger partial charge < -0.3 is 24.1 Å². The van der Waals surface area contributed by atoms with Crippen LogP contribution in [0.4, 0.5) is 0 Å². The van der Waals surface area contributed by atoms with Gasteiger partial charge >= 0.3 is 0 Å². The van der Waals surface area contributed by atoms with Gasteiger partial charge in [-0.3, -0.25) is 0 Å². The van der Waals surface area contributed by atoms with Crippen molar-refractivity contribution in [3.05, 3.63) is 89.7 Å². The molecule has 0 bridgehead atoms. The first-order chi connectivity index (χ1) is 18.1. The summed E-state index contributed by atoms with van der Waals surface area (Å²) in [6.45, 7) is 4.31. The lowest BCUT2D eigenvalue weighted by Crippen LogP contribution is -2.37. The minimum absolute atomic E-state index is 0.245. The zero-order valence-corrected chi connectivity index (χ0v) is 21.1. The molecule has 2 aromatic carbocycles. The van der Waals surface area contributed by atoms with E-state index in [0.29, 0.717) is 57.3 Å². The van der Waals surface area contributed by atoms with Gasteiger partial charge in [0.1, 0.15) is 24.7 Å². The zero-order valence-electron chi connectivity index (χ0n) is 21.1. The molecule has 5 rings (SSSR count). The van der Waals surface area contributed by atoms with E-state index in [1.807, 2.05) is 61.5 Å². The molecule has 7 heteroatoms. The Labute approximate surface area is 217 Å². The number of ether oxygens (including phenoxy) is 4. The van der Waals surface area contributed by atoms with E-state index in [-0.39, 0.29) is 6.61 Å². The summed E-state index contributed by atoms with van der Waals surface area (Å²) in [6, 6.07) is 21.6. The molecule has 0 unspecified atom stereocenters. The first kappa shape index (κ1) is 25.0. The maximum absolute atomic E-state index is 10.6. The minimum atomic E-state index is -0.718. The van der Waals surface area contributed by atoms with Gasteiger partial charge in [0.25, 0.3) is 0 Å². The van der Waals surface area contributed by atoms with E-state index in [4.69, 9.17) is 23.9 Å². The van der Waals surface area contributed by atoms with Crippen molar-refractivity contribution < 1.29 is 24.1 Å². The van der Waals surface area contributed by atoms with Crippen molar-refractivity contribution in [2.75, 3.05) is 19.8 Å². The van der Waals surface area contributed by atoms with Crippen molar-refractivity contribution in [2.45, 2.75) is 45.0 Å². The lowest BCUT2D eigenvalue weighted by Gasteiger charge is -2.31. The van der Waals surface area contributed by atoms with Crippen LogP contribution in [0.3, 0.4) is 0 Å². The Bertz CT molecular complexity index is 1320. The zero-order chi connectivity index (χ0) is 25.5. The minimum Gasteiger partial charge on any atom is -0.493 e. The molecule has 1 N–H and O–H groups in total. The second-order valence-electron chi connectivity index (χ2n) is 9.36. The predicted octanol–water partition coefficient (Wildman–Crippen LogP) is 5.41. The highest BCUT2D eigenvalue weighted by molar-refractivity contribution is 5.86. The molecule has 1 aliphatic rings. The van der Waals surface area contributed by atoms with Crippen LogP contribution in [0.15, 0.2) is 72.9 Å². The van der Waals surface area contributed by atoms with Crippen LogP contribution >= 0.6 is 0 Å². The molecule has 1 fully saturated rings. The van der Waals surface area contributed by atoms with Crippen LogP contribution in [0.25, 0.3) is 10.9 Å². The number of pyridine rings is 2. The van der Waals surface area contributed by atoms with Crippen LogP contribution < -0.4 is 14.2 Å². The monoisotopic (exact) mass is 500 g/mol. The number of nitrogens with zero attached hydrogens (tertiary/aromatic N) is 2. The van der Waals surface area contributed by atoms with E-state index in [0.717, 1.165) is 33.5 Å². The van der Waals surface area contributed by atoms with E-state index in [1.54, 1.807) is 18.3 Å². The average Bonchev–Trinajstić information content (AvgIpc) is 2.93. The van der Waals surface area contributed by atoms with Crippen LogP contribution in [0, 0.1) is 6.92 Å². The number of rotatable bonds is 10. The molecule has 0 aliphatic carbocycles. The average molecular weight is 501 g/mol. The largest absolute Gasteiger partial charge is 0.493 e. The third-order valence-corrected chi connectivity index (χ3v) is 6.73. The third-order valence-electron chi connectivity index (χ3n) is 6.73. The Balaban J connectivity index is 1.26. The molecule has 7 nitrogen and oxygen atoms in total. The number of fused-ring (bicyclic) bond motifs is 1. The van der Waals surface area contributed by atoms with Crippen LogP contribution in [0.1, 0.15) is 36.1 Å². The van der Waals surface area contributed by atoms with E-state index in [1.165, 1.54) is 0 Å². The van der Waals surface area contributed by atoms with Gasteiger partial charge in [-0.25, -0.2) is 9.97 Å². The van der Waals surface area contributed by atoms with Crippen molar-refractivity contribution in [1.29, 1.82) is 0 Å². The molecule has 0 amide bonds. The van der Waals surface area contributed by atoms with Crippen LogP contribution in [-0.2, 0) is 18.0 Å². The maximum atomic E-state index is 10.6. The maximum Gasteiger partial charge on any atom is 0.217 e. The lowest BCUT2D eigenvalue weighted by atomic mass is 9.91. The normalized spacial score (nSPS) is 14.9. The Hall–Kier alpha value is -3.68. The number of benzene rings is 2. The summed E-state index contributed by atoms with van der Waals surface area (Å²) in [5.74, 6) is 1.91. The van der Waals surface area contributed by atoms with E-state index < -0.39 is 5.60 Å². The third kappa shape index (κ3) is 6.37. The van der Waals surface area contributed by atoms with Crippen LogP contribution in [0.5, 0.6) is 17.4 Å². The van der Waals surface area contributed by atoms with Crippen molar-refractivity contribution in [3.8, 4) is 17.4 Å². The van der Waals surface area contributed by atoms with Gasteiger partial charge in [0.05, 0.1) is 23.4 Å². The summed E-state index contributed by atoms with van der Waals surface area (Å²) in [7, 11) is 0. The topological polar surface area (TPSA) is 82.9 Å². The van der Waals surface area contributed by atoms with Gasteiger partial charge in [0.2, 0.25) is 5.88 Å². The summed E-state index contributed by atoms with van der Waals surface area (Å²) >= 11 is 0. The van der Waals surface area contributed by atoms with Crippen molar-refractivity contribution in [3.63, 3.8) is 0 Å². The first-order valence-corrected chi connectivity index (χ1v) is 12.7. The Morgan fingerprint density at radius 1 is 0.919 bits per heavy atom. The summed E-state index contributed by atoms with van der Waals surface area (Å²) in [5, 5.41) is 11.6. The number of hydrogen-bond acceptors (Lipinski definition) is 7. The van der Waals surface area contributed by atoms with Crippen molar-refractivity contribution >= 4 is 10.9 Å². The van der Waals surface area contributed by atoms with Gasteiger partial charge in [-0.1, -0.05) is 42.5 Å². The van der Waals surface area contributed by atoms with Crippen LogP contribution in [0.2, 0.25) is 0 Å². The summed E-state index contributed by atoms with van der Waals surface area (Å²) in [6.07, 6.45) is 3.48. The molecule has 37 heavy (non-hydrogen) atoms. The number of hydrogen-bond donors (Lipinski definition) is 1. The van der Waals surface area contributed by atoms with Gasteiger partial charge in [-0.2, -0.15) is 0 Å². The highest BCUT2D eigenvalue weighted by Gasteiger charge is 2.29. The number of para-hydroxylation sites is 1. The molecule has 0 saturated carbocycles. The molecule has 0 atom stereocenters. The quantitative estimate of drug-likeness (QED) is 0.312. The molecule has 0 radical (unpaired) electrons. The molecular weight excluding hydrogens is 468 g/mol. The fraction of sp³-hybridized carbons (Fsp3) is 0.333. The van der Waals surface area contributed by atoms with Crippen molar-refractivity contribution in [2.24, 2.45) is 0 Å². The van der Waals surface area contributed by atoms with Gasteiger partial charge in [0.15, 0.2) is 0 Å². The van der Waals surface area contributed by atoms with Crippen LogP contribution in [-0.4, -0.2) is 40.5 Å². The molecular formula is C30H32N2O5. The second-order valence-corrected chi connectivity index (χ2v) is 9.36. The van der Waals surface area contributed by atoms with Gasteiger partial charge in [-0.15, -0.1) is 0 Å². The van der Waals surface area contributed by atoms with E-state index in [2.05, 4.69) is 4.98 Å². The molecule has 192 valence electrons. The highest BCUT2D eigenvalue weighted by Crippen LogP contribution is 2.32. The second kappa shape index (κ2) is 11.6. The molecule has 0 spiro atoms. The lowest BCUT2D eigenvalue weighted by molar-refractivity contribution is -0.0729. The fourth-order valence-electron chi connectivity index (χ4n) is 4.44. The Morgan fingerprint density at radius 3 is 2.54 bits per heavy atom. The van der Waals surface area contributed by atoms with E-state index in [9.17, 15) is 5.11 Å². The summed E-state index contributed by atoms with van der Waals surface area (Å²) in [4.78, 5) is 9.16.